The third-order valence-electron chi connectivity index (χ3n) is 5.63. The largest absolute Gasteiger partial charge is 0.491 e. The van der Waals surface area contributed by atoms with Crippen molar-refractivity contribution >= 4 is 34.6 Å². The minimum absolute atomic E-state index is 0.0462. The zero-order valence-corrected chi connectivity index (χ0v) is 19.5. The lowest BCUT2D eigenvalue weighted by Gasteiger charge is -2.43. The van der Waals surface area contributed by atoms with Gasteiger partial charge in [0.25, 0.3) is 0 Å². The smallest absolute Gasteiger partial charge is 0.205 e. The highest BCUT2D eigenvalue weighted by Crippen LogP contribution is 2.37. The van der Waals surface area contributed by atoms with Crippen LogP contribution in [0.4, 0.5) is 11.4 Å². The fourth-order valence-corrected chi connectivity index (χ4v) is 4.43. The molecule has 1 N–H and O–H groups in total. The maximum Gasteiger partial charge on any atom is 0.205 e. The number of rotatable bonds is 7. The van der Waals surface area contributed by atoms with Crippen molar-refractivity contribution in [2.45, 2.75) is 12.6 Å². The number of nitrogens with zero attached hydrogens (tertiary/aromatic N) is 4. The molecule has 0 radical (unpaired) electrons. The van der Waals surface area contributed by atoms with Crippen molar-refractivity contribution in [2.75, 3.05) is 37.7 Å². The van der Waals surface area contributed by atoms with E-state index in [1.807, 2.05) is 36.4 Å². The average molecular weight is 483 g/mol. The molecule has 1 saturated heterocycles. The topological polar surface area (TPSA) is 53.2 Å². The number of ether oxygens (including phenoxy) is 1. The molecule has 0 saturated carbocycles. The second-order valence-corrected chi connectivity index (χ2v) is 8.64. The Morgan fingerprint density at radius 1 is 1.09 bits per heavy atom. The van der Waals surface area contributed by atoms with E-state index in [-0.39, 0.29) is 19.3 Å². The molecule has 1 aliphatic rings. The first kappa shape index (κ1) is 23.3. The minimum atomic E-state index is -0.0462. The van der Waals surface area contributed by atoms with Crippen LogP contribution in [0.1, 0.15) is 17.3 Å². The van der Waals surface area contributed by atoms with E-state index in [4.69, 9.17) is 39.6 Å². The molecule has 1 atom stereocenters. The predicted octanol–water partition coefficient (Wildman–Crippen LogP) is 5.37. The molecule has 8 heteroatoms. The number of piperazine rings is 1. The summed E-state index contributed by atoms with van der Waals surface area (Å²) >= 11 is 12.8. The molecule has 0 amide bonds. The molecule has 1 aliphatic heterocycles. The summed E-state index contributed by atoms with van der Waals surface area (Å²) in [4.78, 5) is 12.5. The van der Waals surface area contributed by atoms with Crippen molar-refractivity contribution in [3.8, 4) is 5.75 Å². The Balaban J connectivity index is 1.58. The summed E-state index contributed by atoms with van der Waals surface area (Å²) < 4.78 is 5.50. The van der Waals surface area contributed by atoms with Gasteiger partial charge >= 0.3 is 0 Å². The van der Waals surface area contributed by atoms with E-state index in [0.29, 0.717) is 28.0 Å². The van der Waals surface area contributed by atoms with Gasteiger partial charge in [-0.25, -0.2) is 4.85 Å². The van der Waals surface area contributed by atoms with E-state index in [9.17, 15) is 0 Å². The van der Waals surface area contributed by atoms with Crippen LogP contribution in [0.15, 0.2) is 60.8 Å². The number of halogens is 2. The van der Waals surface area contributed by atoms with Crippen LogP contribution < -0.4 is 9.64 Å². The van der Waals surface area contributed by atoms with Crippen molar-refractivity contribution in [3.05, 3.63) is 93.5 Å². The van der Waals surface area contributed by atoms with E-state index in [0.717, 1.165) is 36.6 Å². The zero-order valence-electron chi connectivity index (χ0n) is 18.0. The molecule has 170 valence electrons. The van der Waals surface area contributed by atoms with Gasteiger partial charge in [0.1, 0.15) is 12.4 Å². The van der Waals surface area contributed by atoms with Crippen LogP contribution in [0, 0.1) is 6.57 Å². The molecule has 4 rings (SSSR count). The molecule has 2 heterocycles. The number of aliphatic hydroxyl groups is 1. The Kier molecular flexibility index (Phi) is 7.69. The molecule has 3 aromatic rings. The third-order valence-corrected chi connectivity index (χ3v) is 6.19. The Morgan fingerprint density at radius 2 is 1.91 bits per heavy atom. The molecule has 0 aliphatic carbocycles. The Hall–Kier alpha value is -2.82. The van der Waals surface area contributed by atoms with Gasteiger partial charge in [0.2, 0.25) is 5.69 Å². The average Bonchev–Trinajstić information content (AvgIpc) is 2.84. The first-order chi connectivity index (χ1) is 16.1. The quantitative estimate of drug-likeness (QED) is 0.458. The number of hydrogen-bond donors (Lipinski definition) is 1. The van der Waals surface area contributed by atoms with Gasteiger partial charge in [-0.2, -0.15) is 0 Å². The maximum atomic E-state index is 8.99. The number of hydrogen-bond acceptors (Lipinski definition) is 5. The van der Waals surface area contributed by atoms with Crippen LogP contribution in [-0.4, -0.2) is 47.8 Å². The van der Waals surface area contributed by atoms with E-state index in [1.165, 1.54) is 0 Å². The molecule has 2 aromatic carbocycles. The molecule has 33 heavy (non-hydrogen) atoms. The van der Waals surface area contributed by atoms with Crippen LogP contribution >= 0.6 is 23.2 Å². The monoisotopic (exact) mass is 482 g/mol. The summed E-state index contributed by atoms with van der Waals surface area (Å²) in [6.07, 6.45) is 1.62. The summed E-state index contributed by atoms with van der Waals surface area (Å²) in [5.74, 6) is 0.633. The molecule has 0 unspecified atom stereocenters. The number of aromatic nitrogens is 1. The molecular formula is C25H24Cl2N4O2. The molecule has 1 fully saturated rings. The first-order valence-electron chi connectivity index (χ1n) is 10.7. The van der Waals surface area contributed by atoms with Crippen LogP contribution in [0.2, 0.25) is 10.0 Å². The summed E-state index contributed by atoms with van der Waals surface area (Å²) in [6.45, 7) is 10.4. The summed E-state index contributed by atoms with van der Waals surface area (Å²) in [5, 5.41) is 10.3. The molecule has 0 spiro atoms. The summed E-state index contributed by atoms with van der Waals surface area (Å²) in [7, 11) is 0. The van der Waals surface area contributed by atoms with E-state index in [1.54, 1.807) is 12.3 Å². The number of aliphatic hydroxyl groups excluding tert-OH is 1. The summed E-state index contributed by atoms with van der Waals surface area (Å²) in [5.41, 5.74) is 3.57. The molecule has 6 nitrogen and oxygen atoms in total. The summed E-state index contributed by atoms with van der Waals surface area (Å²) in [6, 6.07) is 17.4. The van der Waals surface area contributed by atoms with Crippen LogP contribution in [0.3, 0.4) is 0 Å². The van der Waals surface area contributed by atoms with Crippen LogP contribution in [-0.2, 0) is 6.54 Å². The lowest BCUT2D eigenvalue weighted by Crippen LogP contribution is -2.48. The van der Waals surface area contributed by atoms with Crippen molar-refractivity contribution in [3.63, 3.8) is 0 Å². The molecular weight excluding hydrogens is 459 g/mol. The number of pyridine rings is 1. The number of anilines is 1. The van der Waals surface area contributed by atoms with Gasteiger partial charge in [-0.05, 0) is 35.9 Å². The van der Waals surface area contributed by atoms with E-state index in [2.05, 4.69) is 31.8 Å². The Labute approximate surface area is 203 Å². The van der Waals surface area contributed by atoms with Gasteiger partial charge in [-0.3, -0.25) is 9.88 Å². The Morgan fingerprint density at radius 3 is 2.58 bits per heavy atom. The highest BCUT2D eigenvalue weighted by atomic mass is 35.5. The van der Waals surface area contributed by atoms with Gasteiger partial charge in [-0.1, -0.05) is 41.4 Å². The Bertz CT molecular complexity index is 1120. The van der Waals surface area contributed by atoms with E-state index >= 15 is 0 Å². The van der Waals surface area contributed by atoms with Crippen LogP contribution in [0.5, 0.6) is 5.75 Å². The van der Waals surface area contributed by atoms with Crippen molar-refractivity contribution < 1.29 is 9.84 Å². The van der Waals surface area contributed by atoms with Crippen molar-refractivity contribution in [2.24, 2.45) is 0 Å². The molecule has 1 aromatic heterocycles. The predicted molar refractivity (Wildman–Crippen MR) is 131 cm³/mol. The zero-order chi connectivity index (χ0) is 23.2. The third kappa shape index (κ3) is 5.76. The molecule has 0 bridgehead atoms. The highest BCUT2D eigenvalue weighted by molar-refractivity contribution is 6.33. The minimum Gasteiger partial charge on any atom is -0.491 e. The van der Waals surface area contributed by atoms with Crippen molar-refractivity contribution in [1.82, 2.24) is 9.88 Å². The standard InChI is InChI=1S/C25H24Cl2N4O2/c1-28-20-6-7-21(29-15-20)16-30-10-11-31(25(17-30)18-2-4-19(26)5-3-18)24-9-8-22(14-23(24)27)33-13-12-32/h2-9,14-15,25,32H,10-13,16-17H2/t25-/m0/s1. The van der Waals surface area contributed by atoms with Crippen molar-refractivity contribution in [1.29, 1.82) is 0 Å². The number of benzene rings is 2. The SMILES string of the molecule is [C-]#[N+]c1ccc(CN2CCN(c3ccc(OCCO)cc3Cl)[C@H](c3ccc(Cl)cc3)C2)nc1. The second-order valence-electron chi connectivity index (χ2n) is 7.80. The van der Waals surface area contributed by atoms with Gasteiger partial charge < -0.3 is 14.7 Å². The lowest BCUT2D eigenvalue weighted by atomic mass is 10.0. The van der Waals surface area contributed by atoms with Gasteiger partial charge in [-0.15, -0.1) is 0 Å². The fourth-order valence-electron chi connectivity index (χ4n) is 4.02. The van der Waals surface area contributed by atoms with Gasteiger partial charge in [0, 0.05) is 43.5 Å². The highest BCUT2D eigenvalue weighted by Gasteiger charge is 2.30. The maximum absolute atomic E-state index is 8.99. The second kappa shape index (κ2) is 10.9. The fraction of sp³-hybridized carbons (Fsp3) is 0.280. The van der Waals surface area contributed by atoms with Crippen LogP contribution in [0.25, 0.3) is 4.85 Å². The van der Waals surface area contributed by atoms with Gasteiger partial charge in [0.05, 0.1) is 35.6 Å². The lowest BCUT2D eigenvalue weighted by molar-refractivity contribution is 0.201. The normalized spacial score (nSPS) is 16.4. The van der Waals surface area contributed by atoms with E-state index < -0.39 is 0 Å². The van der Waals surface area contributed by atoms with Gasteiger partial charge in [0.15, 0.2) is 0 Å². The first-order valence-corrected chi connectivity index (χ1v) is 11.4.